The van der Waals surface area contributed by atoms with Crippen LogP contribution in [-0.4, -0.2) is 37.2 Å². The third-order valence-electron chi connectivity index (χ3n) is 15.8. The first kappa shape index (κ1) is 73.2. The Morgan fingerprint density at radius 3 is 0.667 bits per heavy atom. The molecule has 0 aromatic carbocycles. The summed E-state index contributed by atoms with van der Waals surface area (Å²) in [6.45, 7) is 6.69. The minimum atomic E-state index is -0.769. The van der Waals surface area contributed by atoms with E-state index in [0.29, 0.717) is 19.3 Å². The van der Waals surface area contributed by atoms with E-state index in [2.05, 4.69) is 32.9 Å². The zero-order valence-corrected chi connectivity index (χ0v) is 51.1. The predicted molar refractivity (Wildman–Crippen MR) is 326 cm³/mol. The summed E-state index contributed by atoms with van der Waals surface area (Å²) >= 11 is 0. The summed E-state index contributed by atoms with van der Waals surface area (Å²) in [4.78, 5) is 38.2. The number of ether oxygens (including phenoxy) is 3. The lowest BCUT2D eigenvalue weighted by Crippen LogP contribution is -2.30. The Morgan fingerprint density at radius 2 is 0.440 bits per heavy atom. The van der Waals surface area contributed by atoms with Crippen LogP contribution in [-0.2, 0) is 28.6 Å². The van der Waals surface area contributed by atoms with E-state index in [-0.39, 0.29) is 31.1 Å². The molecule has 0 aliphatic heterocycles. The van der Waals surface area contributed by atoms with Gasteiger partial charge >= 0.3 is 17.9 Å². The molecule has 444 valence electrons. The first-order chi connectivity index (χ1) is 37.0. The van der Waals surface area contributed by atoms with Crippen LogP contribution in [0.4, 0.5) is 0 Å². The summed E-state index contributed by atoms with van der Waals surface area (Å²) in [7, 11) is 0. The molecule has 75 heavy (non-hydrogen) atoms. The van der Waals surface area contributed by atoms with Gasteiger partial charge in [0.25, 0.3) is 0 Å². The van der Waals surface area contributed by atoms with Gasteiger partial charge < -0.3 is 14.2 Å². The van der Waals surface area contributed by atoms with Gasteiger partial charge in [-0.2, -0.15) is 0 Å². The zero-order valence-electron chi connectivity index (χ0n) is 51.1. The molecule has 1 atom stereocenters. The van der Waals surface area contributed by atoms with Gasteiger partial charge in [-0.25, -0.2) is 0 Å². The number of hydrogen-bond donors (Lipinski definition) is 0. The van der Waals surface area contributed by atoms with Crippen molar-refractivity contribution in [1.82, 2.24) is 0 Å². The molecule has 0 radical (unpaired) electrons. The van der Waals surface area contributed by atoms with Gasteiger partial charge in [-0.3, -0.25) is 14.4 Å². The highest BCUT2D eigenvalue weighted by Gasteiger charge is 2.19. The maximum atomic E-state index is 12.9. The maximum Gasteiger partial charge on any atom is 0.306 e. The van der Waals surface area contributed by atoms with E-state index >= 15 is 0 Å². The monoisotopic (exact) mass is 1060 g/mol. The van der Waals surface area contributed by atoms with E-state index in [1.807, 2.05) is 0 Å². The molecular formula is C69H132O6. The first-order valence-electron chi connectivity index (χ1n) is 34.2. The van der Waals surface area contributed by atoms with E-state index in [1.165, 1.54) is 289 Å². The van der Waals surface area contributed by atoms with Gasteiger partial charge in [0.2, 0.25) is 0 Å². The molecule has 0 heterocycles. The molecule has 0 amide bonds. The molecule has 0 saturated carbocycles. The largest absolute Gasteiger partial charge is 0.462 e. The molecule has 6 nitrogen and oxygen atoms in total. The highest BCUT2D eigenvalue weighted by molar-refractivity contribution is 5.71. The van der Waals surface area contributed by atoms with Crippen molar-refractivity contribution in [3.8, 4) is 0 Å². The minimum absolute atomic E-state index is 0.0671. The second-order valence-corrected chi connectivity index (χ2v) is 23.5. The van der Waals surface area contributed by atoms with Gasteiger partial charge in [0, 0.05) is 19.3 Å². The van der Waals surface area contributed by atoms with Gasteiger partial charge in [-0.05, 0) is 44.9 Å². The van der Waals surface area contributed by atoms with Crippen LogP contribution in [0.3, 0.4) is 0 Å². The summed E-state index contributed by atoms with van der Waals surface area (Å²) < 4.78 is 16.9. The Balaban J connectivity index is 4.05. The summed E-state index contributed by atoms with van der Waals surface area (Å²) in [5.74, 6) is -0.847. The number of carbonyl (C=O) groups excluding carboxylic acids is 3. The molecule has 0 bridgehead atoms. The molecule has 0 aromatic rings. The Labute approximate surface area is 469 Å². The Bertz CT molecular complexity index is 1170. The second-order valence-electron chi connectivity index (χ2n) is 23.5. The summed E-state index contributed by atoms with van der Waals surface area (Å²) in [5, 5.41) is 0. The minimum Gasteiger partial charge on any atom is -0.462 e. The standard InChI is InChI=1S/C69H132O6/c1-4-7-10-13-16-19-22-25-27-28-29-30-31-32-33-34-35-36-37-38-39-40-41-42-43-45-47-50-53-56-59-62-68(71)74-65-66(64-73-67(70)61-58-55-52-49-46-24-21-18-15-12-9-6-3)75-69(72)63-60-57-54-51-48-44-26-23-20-17-14-11-8-5-2/h23,26,66H,4-22,24-25,27-65H2,1-3H3/b26-23-. The predicted octanol–water partition coefficient (Wildman–Crippen LogP) is 23.2. The molecule has 6 heteroatoms. The van der Waals surface area contributed by atoms with Gasteiger partial charge in [0.1, 0.15) is 13.2 Å². The fraction of sp³-hybridized carbons (Fsp3) is 0.928. The van der Waals surface area contributed by atoms with Crippen LogP contribution in [0.2, 0.25) is 0 Å². The Kier molecular flexibility index (Phi) is 63.1. The third-order valence-corrected chi connectivity index (χ3v) is 15.8. The molecule has 0 aromatic heterocycles. The van der Waals surface area contributed by atoms with Crippen molar-refractivity contribution in [2.45, 2.75) is 399 Å². The Morgan fingerprint density at radius 1 is 0.253 bits per heavy atom. The van der Waals surface area contributed by atoms with Crippen molar-refractivity contribution >= 4 is 17.9 Å². The van der Waals surface area contributed by atoms with Gasteiger partial charge in [-0.1, -0.05) is 341 Å². The molecule has 0 rings (SSSR count). The highest BCUT2D eigenvalue weighted by atomic mass is 16.6. The van der Waals surface area contributed by atoms with Crippen molar-refractivity contribution in [2.24, 2.45) is 0 Å². The van der Waals surface area contributed by atoms with E-state index < -0.39 is 6.10 Å². The molecule has 0 N–H and O–H groups in total. The fourth-order valence-corrected chi connectivity index (χ4v) is 10.6. The third kappa shape index (κ3) is 62.9. The van der Waals surface area contributed by atoms with Gasteiger partial charge in [0.15, 0.2) is 6.10 Å². The van der Waals surface area contributed by atoms with Crippen LogP contribution in [0.25, 0.3) is 0 Å². The number of allylic oxidation sites excluding steroid dienone is 2. The first-order valence-corrected chi connectivity index (χ1v) is 34.2. The second kappa shape index (κ2) is 64.7. The number of unbranched alkanes of at least 4 members (excludes halogenated alkanes) is 51. The molecule has 0 fully saturated rings. The quantitative estimate of drug-likeness (QED) is 0.0261. The van der Waals surface area contributed by atoms with E-state index in [4.69, 9.17) is 14.2 Å². The number of carbonyl (C=O) groups is 3. The van der Waals surface area contributed by atoms with Crippen molar-refractivity contribution in [2.75, 3.05) is 13.2 Å². The maximum absolute atomic E-state index is 12.9. The SMILES string of the molecule is CCCCCCC/C=C\CCCCCCCC(=O)OC(COC(=O)CCCCCCCCCCCCCC)COC(=O)CCCCCCCCCCCCCCCCCCCCCCCCCCCCCCCCC. The van der Waals surface area contributed by atoms with E-state index in [0.717, 1.165) is 64.2 Å². The summed E-state index contributed by atoms with van der Waals surface area (Å²) in [6.07, 6.45) is 76.8. The lowest BCUT2D eigenvalue weighted by molar-refractivity contribution is -0.167. The highest BCUT2D eigenvalue weighted by Crippen LogP contribution is 2.19. The lowest BCUT2D eigenvalue weighted by atomic mass is 10.0. The molecule has 0 saturated heterocycles. The van der Waals surface area contributed by atoms with Crippen LogP contribution in [0.1, 0.15) is 393 Å². The number of hydrogen-bond acceptors (Lipinski definition) is 6. The smallest absolute Gasteiger partial charge is 0.306 e. The van der Waals surface area contributed by atoms with Crippen molar-refractivity contribution < 1.29 is 28.6 Å². The van der Waals surface area contributed by atoms with Crippen LogP contribution < -0.4 is 0 Å². The summed E-state index contributed by atoms with van der Waals surface area (Å²) in [6, 6.07) is 0. The van der Waals surface area contributed by atoms with Crippen molar-refractivity contribution in [3.63, 3.8) is 0 Å². The van der Waals surface area contributed by atoms with Crippen LogP contribution >= 0.6 is 0 Å². The lowest BCUT2D eigenvalue weighted by Gasteiger charge is -2.18. The van der Waals surface area contributed by atoms with Crippen LogP contribution in [0.5, 0.6) is 0 Å². The number of esters is 3. The molecule has 0 aliphatic rings. The van der Waals surface area contributed by atoms with Gasteiger partial charge in [-0.15, -0.1) is 0 Å². The molecular weight excluding hydrogens is 925 g/mol. The average Bonchev–Trinajstić information content (AvgIpc) is 3.41. The van der Waals surface area contributed by atoms with E-state index in [9.17, 15) is 14.4 Å². The van der Waals surface area contributed by atoms with Gasteiger partial charge in [0.05, 0.1) is 0 Å². The van der Waals surface area contributed by atoms with Crippen LogP contribution in [0.15, 0.2) is 12.2 Å². The molecule has 0 aliphatic carbocycles. The van der Waals surface area contributed by atoms with Crippen molar-refractivity contribution in [3.05, 3.63) is 12.2 Å². The topological polar surface area (TPSA) is 78.9 Å². The Hall–Kier alpha value is -1.85. The zero-order chi connectivity index (χ0) is 54.3. The fourth-order valence-electron chi connectivity index (χ4n) is 10.6. The molecule has 1 unspecified atom stereocenters. The van der Waals surface area contributed by atoms with E-state index in [1.54, 1.807) is 0 Å². The van der Waals surface area contributed by atoms with Crippen molar-refractivity contribution in [1.29, 1.82) is 0 Å². The summed E-state index contributed by atoms with van der Waals surface area (Å²) in [5.41, 5.74) is 0. The number of rotatable bonds is 64. The normalized spacial score (nSPS) is 12.0. The average molecular weight is 1060 g/mol. The van der Waals surface area contributed by atoms with Crippen LogP contribution in [0, 0.1) is 0 Å². The molecule has 0 spiro atoms.